The number of pyridine rings is 3. The number of carboxylic acid groups (broad SMARTS) is 2. The number of aromatic nitrogens is 9. The molecule has 0 spiro atoms. The standard InChI is InChI=1S/C26H29N9O.C22H20N10O2S.C22H19N9O2S.C20H21N7O5/c36-26(34-20-12-16(22-2-1-3-27-22)10-17(13-20)23-28-4-5-29-23)35-21-14-18(24-30-6-7-31-24)11-19(15-21)25-32-8-9-33-25;1-14-11-12-25-22(26-14)32-35(33,34)17-9-7-16(8-10-17)29-31-19-13-18(20(23)27-21(19)24)30-28-15-5-3-2-4-6-15;23-21-18(29-27-15-6-2-1-3-7-15)14-19(22(24)26-21)30-28-16-9-11-17(12-10-16)34(32,33)31-20-8-4-5-13-25-20;21-17-16-18(27-20(22)26-17)24-9-13(25-16)8-23-12-4-1-10(2-5-12)14(28)7-11(19(31)32)3-6-15(29)30/h10-15H,1-9H2,(H,28,29)(H,30,31)(H,32,33)(H2,34,35,36);2-13H,1H3,(H4,23,24,27)(H,25,26,32);1-14H,(H,25,31)(H4,23,24,26);1-2,4-5,9,11,23H,3,6-8H2,(H,29,30)(H,31,32)(H4,21,22,24,26,27)/t;;;11-/m...1/s1. The van der Waals surface area contributed by atoms with Gasteiger partial charge >= 0.3 is 18.0 Å². The predicted octanol–water partition coefficient (Wildman–Crippen LogP) is 13.5. The lowest BCUT2D eigenvalue weighted by atomic mass is 9.94. The van der Waals surface area contributed by atoms with E-state index < -0.39 is 37.9 Å². The number of azo groups is 4. The van der Waals surface area contributed by atoms with Crippen LogP contribution in [-0.4, -0.2) is 165 Å². The molecule has 22 N–H and O–H groups in total. The van der Waals surface area contributed by atoms with Gasteiger partial charge in [0, 0.05) is 114 Å². The first-order valence-corrected chi connectivity index (χ1v) is 45.1. The van der Waals surface area contributed by atoms with E-state index in [9.17, 15) is 41.1 Å². The minimum atomic E-state index is -3.87. The van der Waals surface area contributed by atoms with E-state index in [0.29, 0.717) is 74.5 Å². The molecule has 45 nitrogen and oxygen atoms in total. The van der Waals surface area contributed by atoms with Gasteiger partial charge in [-0.15, -0.1) is 20.5 Å². The highest BCUT2D eigenvalue weighted by Crippen LogP contribution is 2.36. The van der Waals surface area contributed by atoms with Crippen LogP contribution in [0.15, 0.2) is 296 Å². The number of benzene rings is 7. The highest BCUT2D eigenvalue weighted by molar-refractivity contribution is 7.93. The average molecular weight is 1890 g/mol. The Balaban J connectivity index is 0.000000146. The highest BCUT2D eigenvalue weighted by Gasteiger charge is 2.26. The molecule has 0 aliphatic carbocycles. The van der Waals surface area contributed by atoms with Gasteiger partial charge in [0.2, 0.25) is 11.9 Å². The number of amides is 2. The van der Waals surface area contributed by atoms with E-state index in [-0.39, 0.29) is 110 Å². The first kappa shape index (κ1) is 95.0. The molecule has 1 atom stereocenters. The number of sulfonamides is 2. The topological polar surface area (TPSA) is 694 Å². The molecule has 10 heterocycles. The number of rotatable bonds is 30. The molecule has 2 amide bonds. The monoisotopic (exact) mass is 1880 g/mol. The Bertz CT molecular complexity index is 6950. The molecule has 0 bridgehead atoms. The number of urea groups is 1. The van der Waals surface area contributed by atoms with E-state index >= 15 is 0 Å². The van der Waals surface area contributed by atoms with E-state index in [0.717, 1.165) is 104 Å². The molecule has 0 saturated heterocycles. The fraction of sp³-hybridized carbons (Fsp3) is 0.167. The van der Waals surface area contributed by atoms with Gasteiger partial charge in [0.05, 0.1) is 76.5 Å². The number of carbonyl (C=O) groups excluding carboxylic acids is 2. The molecule has 0 saturated carbocycles. The van der Waals surface area contributed by atoms with Crippen LogP contribution in [-0.2, 0) is 36.2 Å². The number of aliphatic carboxylic acids is 2. The van der Waals surface area contributed by atoms with Gasteiger partial charge in [-0.25, -0.2) is 61.2 Å². The minimum Gasteiger partial charge on any atom is -0.481 e. The molecule has 137 heavy (non-hydrogen) atoms. The third kappa shape index (κ3) is 26.9. The Morgan fingerprint density at radius 1 is 0.460 bits per heavy atom. The summed E-state index contributed by atoms with van der Waals surface area (Å²) in [5.74, 6) is -0.510. The zero-order valence-electron chi connectivity index (χ0n) is 73.0. The van der Waals surface area contributed by atoms with Crippen molar-refractivity contribution in [3.05, 3.63) is 264 Å². The number of carbonyl (C=O) groups is 4. The number of nitrogens with one attached hydrogen (secondary N) is 8. The third-order valence-electron chi connectivity index (χ3n) is 20.0. The van der Waals surface area contributed by atoms with E-state index in [1.165, 1.54) is 79.3 Å². The van der Waals surface area contributed by atoms with Crippen molar-refractivity contribution in [3.63, 3.8) is 0 Å². The van der Waals surface area contributed by atoms with Crippen LogP contribution in [0.5, 0.6) is 0 Å². The molecule has 6 aromatic heterocycles. The summed E-state index contributed by atoms with van der Waals surface area (Å²) in [6.07, 6.45) is 5.81. The number of ketones is 1. The number of Topliss-reactive ketones (excluding diaryl/α,β-unsaturated/α-hetero) is 1. The highest BCUT2D eigenvalue weighted by atomic mass is 32.2. The van der Waals surface area contributed by atoms with Crippen LogP contribution < -0.4 is 75.7 Å². The Kier molecular flexibility index (Phi) is 31.0. The number of anilines is 11. The number of aryl methyl sites for hydroxylation is 1. The Morgan fingerprint density at radius 2 is 0.949 bits per heavy atom. The van der Waals surface area contributed by atoms with E-state index in [4.69, 9.17) is 39.5 Å². The molecular formula is C90H89N35O10S2. The summed E-state index contributed by atoms with van der Waals surface area (Å²) < 4.78 is 54.9. The van der Waals surface area contributed by atoms with Gasteiger partial charge in [-0.1, -0.05) is 42.5 Å². The van der Waals surface area contributed by atoms with Gasteiger partial charge in [-0.05, 0) is 183 Å². The van der Waals surface area contributed by atoms with Crippen molar-refractivity contribution in [1.29, 1.82) is 0 Å². The summed E-state index contributed by atoms with van der Waals surface area (Å²) in [4.78, 5) is 102. The first-order chi connectivity index (χ1) is 66.1. The average Bonchev–Trinajstić information content (AvgIpc) is 1.21. The summed E-state index contributed by atoms with van der Waals surface area (Å²) in [5.41, 5.74) is 47.2. The maximum atomic E-state index is 13.1. The van der Waals surface area contributed by atoms with Crippen LogP contribution in [0.2, 0.25) is 0 Å². The molecule has 4 aliphatic rings. The van der Waals surface area contributed by atoms with Crippen molar-refractivity contribution >= 4 is 188 Å². The zero-order chi connectivity index (χ0) is 96.4. The third-order valence-corrected chi connectivity index (χ3v) is 22.7. The quantitative estimate of drug-likeness (QED) is 0.0147. The van der Waals surface area contributed by atoms with Crippen LogP contribution in [0.25, 0.3) is 11.2 Å². The summed E-state index contributed by atoms with van der Waals surface area (Å²) in [6.45, 7) is 7.58. The van der Waals surface area contributed by atoms with Crippen LogP contribution in [0.1, 0.15) is 76.1 Å². The molecule has 17 rings (SSSR count). The van der Waals surface area contributed by atoms with Crippen molar-refractivity contribution in [1.82, 2.24) is 60.8 Å². The zero-order valence-corrected chi connectivity index (χ0v) is 74.6. The summed E-state index contributed by atoms with van der Waals surface area (Å²) >= 11 is 0. The summed E-state index contributed by atoms with van der Waals surface area (Å²) in [6, 6.07) is 57.6. The fourth-order valence-corrected chi connectivity index (χ4v) is 15.2. The van der Waals surface area contributed by atoms with Crippen LogP contribution in [0.4, 0.5) is 114 Å². The van der Waals surface area contributed by atoms with Gasteiger partial charge in [0.1, 0.15) is 46.1 Å². The van der Waals surface area contributed by atoms with Crippen molar-refractivity contribution < 1.29 is 46.2 Å². The number of nitrogens with zero attached hydrogens (tertiary/aromatic N) is 21. The lowest BCUT2D eigenvalue weighted by molar-refractivity contribution is -0.142. The molecular weight excluding hydrogens is 1800 g/mol. The number of nitrogens with two attached hydrogens (primary N) is 6. The Morgan fingerprint density at radius 3 is 1.41 bits per heavy atom. The Labute approximate surface area is 782 Å². The van der Waals surface area contributed by atoms with Crippen molar-refractivity contribution in [2.24, 2.45) is 66.8 Å². The molecule has 0 unspecified atom stereocenters. The molecule has 7 aromatic carbocycles. The van der Waals surface area contributed by atoms with E-state index in [1.54, 1.807) is 79.7 Å². The van der Waals surface area contributed by atoms with Crippen LogP contribution >= 0.6 is 0 Å². The van der Waals surface area contributed by atoms with Crippen molar-refractivity contribution in [2.75, 3.05) is 106 Å². The SMILES string of the molecule is Cc1ccnc(NS(=O)(=O)c2ccc(N=Nc3cc(N=Nc4ccccc4)c(N)nc3N)cc2)n1.Nc1nc(N)c(N=Nc2ccc(S(=O)(=O)Nc3ccccn3)cc2)cc1N=Nc1ccccc1.Nc1nc(N)c2nc(CNc3ccc(C(=O)C[C@@H](CCC(=O)O)C(=O)O)cc3)cnc2n1.O=C(Nc1cc(C2=NCCC2)cc(C2=NCCN2)c1)Nc1cc(C2=NCCN2)cc(C2=NCCN2)c1. The second-order valence-electron chi connectivity index (χ2n) is 30.1. The van der Waals surface area contributed by atoms with E-state index in [1.807, 2.05) is 66.7 Å². The summed E-state index contributed by atoms with van der Waals surface area (Å²) in [5, 5.41) is 69.9. The maximum absolute atomic E-state index is 13.1. The molecule has 47 heteroatoms. The molecule has 696 valence electrons. The predicted molar refractivity (Wildman–Crippen MR) is 520 cm³/mol. The van der Waals surface area contributed by atoms with Gasteiger partial charge in [0.15, 0.2) is 46.0 Å². The number of aliphatic imine (C=N–C) groups is 4. The number of nitrogen functional groups attached to an aromatic ring is 6. The van der Waals surface area contributed by atoms with Crippen molar-refractivity contribution in [2.45, 2.75) is 55.4 Å². The number of hydrogen-bond acceptors (Lipinski definition) is 39. The van der Waals surface area contributed by atoms with Crippen molar-refractivity contribution in [3.8, 4) is 0 Å². The van der Waals surface area contributed by atoms with Crippen LogP contribution in [0.3, 0.4) is 0 Å². The van der Waals surface area contributed by atoms with Crippen LogP contribution in [0, 0.1) is 12.8 Å². The summed E-state index contributed by atoms with van der Waals surface area (Å²) in [7, 11) is -7.67. The molecule has 0 fully saturated rings. The number of amidine groups is 3. The second kappa shape index (κ2) is 44.7. The van der Waals surface area contributed by atoms with E-state index in [2.05, 4.69) is 153 Å². The minimum absolute atomic E-state index is 0.0128. The van der Waals surface area contributed by atoms with Gasteiger partial charge in [-0.3, -0.25) is 39.1 Å². The lowest BCUT2D eigenvalue weighted by Gasteiger charge is -2.14. The van der Waals surface area contributed by atoms with Gasteiger partial charge < -0.3 is 76.5 Å². The molecule has 0 radical (unpaired) electrons. The largest absolute Gasteiger partial charge is 0.481 e. The first-order valence-electron chi connectivity index (χ1n) is 42.1. The lowest BCUT2D eigenvalue weighted by Crippen LogP contribution is -2.24. The second-order valence-corrected chi connectivity index (χ2v) is 33.5. The fourth-order valence-electron chi connectivity index (χ4n) is 13.3. The number of fused-ring (bicyclic) bond motifs is 1. The number of hydrogen-bond donors (Lipinski definition) is 16. The normalized spacial score (nSPS) is 13.5. The molecule has 13 aromatic rings. The van der Waals surface area contributed by atoms with Gasteiger partial charge in [0.25, 0.3) is 20.0 Å². The Hall–Kier alpha value is -18.1. The smallest absolute Gasteiger partial charge is 0.323 e. The molecule has 4 aliphatic heterocycles. The maximum Gasteiger partial charge on any atom is 0.323 e. The van der Waals surface area contributed by atoms with Gasteiger partial charge in [-0.2, -0.15) is 30.4 Å². The number of carboxylic acids is 2.